The molecule has 0 fully saturated rings. The molecule has 140 valence electrons. The first-order valence-corrected chi connectivity index (χ1v) is 11.8. The van der Waals surface area contributed by atoms with Crippen LogP contribution < -0.4 is 0 Å². The van der Waals surface area contributed by atoms with E-state index in [1.165, 1.54) is 64.2 Å². The topological polar surface area (TPSA) is 44.0 Å². The molecule has 2 atom stereocenters. The third-order valence-electron chi connectivity index (χ3n) is 4.01. The zero-order valence-corrected chi connectivity index (χ0v) is 17.9. The van der Waals surface area contributed by atoms with Crippen molar-refractivity contribution in [2.45, 2.75) is 102 Å². The Balaban J connectivity index is 3.35. The van der Waals surface area contributed by atoms with Crippen molar-refractivity contribution in [3.63, 3.8) is 0 Å². The molecule has 0 aromatic rings. The summed E-state index contributed by atoms with van der Waals surface area (Å²) >= 11 is 8.90. The fraction of sp³-hybridized carbons (Fsp3) is 0.895. The third-order valence-corrected chi connectivity index (χ3v) is 6.85. The number of aliphatic hydroxyl groups is 1. The highest BCUT2D eigenvalue weighted by Gasteiger charge is 2.10. The molecule has 0 heterocycles. The Labute approximate surface area is 163 Å². The van der Waals surface area contributed by atoms with E-state index in [0.717, 1.165) is 15.7 Å². The van der Waals surface area contributed by atoms with Gasteiger partial charge in [-0.3, -0.25) is 0 Å². The van der Waals surface area contributed by atoms with Crippen LogP contribution in [0, 0.1) is 11.3 Å². The average molecular weight is 390 g/mol. The van der Waals surface area contributed by atoms with Crippen molar-refractivity contribution in [1.82, 2.24) is 0 Å². The van der Waals surface area contributed by atoms with Crippen LogP contribution in [0.3, 0.4) is 0 Å². The molecule has 2 unspecified atom stereocenters. The van der Waals surface area contributed by atoms with Crippen LogP contribution in [0.4, 0.5) is 0 Å². The number of nitrogens with zero attached hydrogens (tertiary/aromatic N) is 1. The van der Waals surface area contributed by atoms with E-state index in [2.05, 4.69) is 13.8 Å². The Morgan fingerprint density at radius 1 is 1.00 bits per heavy atom. The third kappa shape index (κ3) is 17.1. The zero-order valence-electron chi connectivity index (χ0n) is 15.5. The quantitative estimate of drug-likeness (QED) is 0.191. The van der Waals surface area contributed by atoms with Crippen molar-refractivity contribution in [2.24, 2.45) is 0 Å². The minimum absolute atomic E-state index is 0.376. The predicted molar refractivity (Wildman–Crippen MR) is 115 cm³/mol. The molecule has 0 bridgehead atoms. The normalized spacial score (nSPS) is 13.4. The van der Waals surface area contributed by atoms with Gasteiger partial charge in [0.2, 0.25) is 0 Å². The lowest BCUT2D eigenvalue weighted by Crippen LogP contribution is -2.07. The number of hydrogen-bond donors (Lipinski definition) is 1. The molecule has 0 aliphatic rings. The average Bonchev–Trinajstić information content (AvgIpc) is 2.57. The highest BCUT2D eigenvalue weighted by Crippen LogP contribution is 2.26. The Morgan fingerprint density at radius 3 is 2.08 bits per heavy atom. The van der Waals surface area contributed by atoms with Crippen LogP contribution >= 0.6 is 35.7 Å². The van der Waals surface area contributed by atoms with Gasteiger partial charge in [-0.05, 0) is 25.0 Å². The van der Waals surface area contributed by atoms with Crippen molar-refractivity contribution < 1.29 is 5.11 Å². The molecule has 2 nitrogen and oxygen atoms in total. The van der Waals surface area contributed by atoms with Gasteiger partial charge in [0, 0.05) is 5.25 Å². The molecule has 5 heteroatoms. The Kier molecular flexibility index (Phi) is 18.2. The van der Waals surface area contributed by atoms with E-state index >= 15 is 0 Å². The molecule has 24 heavy (non-hydrogen) atoms. The molecule has 0 aliphatic carbocycles. The largest absolute Gasteiger partial charge is 0.378 e. The van der Waals surface area contributed by atoms with Crippen LogP contribution in [0.15, 0.2) is 0 Å². The lowest BCUT2D eigenvalue weighted by Gasteiger charge is -2.11. The SMILES string of the molecule is CCCCCCCCCCCCSC(=S)SC(C)CCC(O)C#N. The maximum atomic E-state index is 9.25. The monoisotopic (exact) mass is 389 g/mol. The Hall–Kier alpha value is 0.240. The Morgan fingerprint density at radius 2 is 1.54 bits per heavy atom. The van der Waals surface area contributed by atoms with Gasteiger partial charge < -0.3 is 5.11 Å². The standard InChI is InChI=1S/C19H35NOS3/c1-3-4-5-6-7-8-9-10-11-12-15-23-19(22)24-17(2)13-14-18(21)16-20/h17-18,21H,3-15H2,1-2H3. The van der Waals surface area contributed by atoms with E-state index in [4.69, 9.17) is 17.5 Å². The summed E-state index contributed by atoms with van der Waals surface area (Å²) in [4.78, 5) is 0. The van der Waals surface area contributed by atoms with E-state index < -0.39 is 6.10 Å². The summed E-state index contributed by atoms with van der Waals surface area (Å²) in [6.07, 6.45) is 14.2. The van der Waals surface area contributed by atoms with Gasteiger partial charge in [-0.25, -0.2) is 0 Å². The first kappa shape index (κ1) is 24.2. The van der Waals surface area contributed by atoms with Crippen LogP contribution in [0.25, 0.3) is 0 Å². The van der Waals surface area contributed by atoms with E-state index in [1.807, 2.05) is 6.07 Å². The summed E-state index contributed by atoms with van der Waals surface area (Å²) in [5.74, 6) is 1.12. The number of unbranched alkanes of at least 4 members (excludes halogenated alkanes) is 9. The van der Waals surface area contributed by atoms with Crippen LogP contribution in [-0.4, -0.2) is 25.7 Å². The van der Waals surface area contributed by atoms with Gasteiger partial charge in [-0.2, -0.15) is 5.26 Å². The second-order valence-electron chi connectivity index (χ2n) is 6.43. The van der Waals surface area contributed by atoms with E-state index in [0.29, 0.717) is 11.7 Å². The number of nitriles is 1. The fourth-order valence-electron chi connectivity index (χ4n) is 2.46. The molecular formula is C19H35NOS3. The van der Waals surface area contributed by atoms with E-state index in [9.17, 15) is 5.11 Å². The molecule has 0 aliphatic heterocycles. The highest BCUT2D eigenvalue weighted by molar-refractivity contribution is 8.47. The van der Waals surface area contributed by atoms with Gasteiger partial charge in [-0.1, -0.05) is 83.9 Å². The summed E-state index contributed by atoms with van der Waals surface area (Å²) in [6.45, 7) is 4.38. The van der Waals surface area contributed by atoms with Crippen molar-refractivity contribution >= 4 is 39.3 Å². The van der Waals surface area contributed by atoms with Gasteiger partial charge in [0.1, 0.15) is 9.63 Å². The fourth-order valence-corrected chi connectivity index (χ4v) is 5.31. The smallest absolute Gasteiger partial charge is 0.140 e. The molecule has 0 saturated heterocycles. The summed E-state index contributed by atoms with van der Waals surface area (Å²) in [5, 5.41) is 18.2. The number of rotatable bonds is 15. The molecule has 1 N–H and O–H groups in total. The molecule has 0 aromatic carbocycles. The number of hydrogen-bond acceptors (Lipinski definition) is 5. The Bertz CT molecular complexity index is 344. The maximum absolute atomic E-state index is 9.25. The van der Waals surface area contributed by atoms with Gasteiger partial charge in [0.05, 0.1) is 6.07 Å². The van der Waals surface area contributed by atoms with Gasteiger partial charge in [0.25, 0.3) is 0 Å². The van der Waals surface area contributed by atoms with Crippen molar-refractivity contribution in [1.29, 1.82) is 5.26 Å². The first-order valence-electron chi connectivity index (χ1n) is 9.51. The number of thioether (sulfide) groups is 2. The lowest BCUT2D eigenvalue weighted by atomic mass is 10.1. The predicted octanol–water partition coefficient (Wildman–Crippen LogP) is 6.71. The molecule has 0 spiro atoms. The van der Waals surface area contributed by atoms with Crippen LogP contribution in [0.1, 0.15) is 90.9 Å². The van der Waals surface area contributed by atoms with Crippen molar-refractivity contribution in [3.8, 4) is 6.07 Å². The second-order valence-corrected chi connectivity index (χ2v) is 10.2. The van der Waals surface area contributed by atoms with Crippen molar-refractivity contribution in [3.05, 3.63) is 0 Å². The van der Waals surface area contributed by atoms with Gasteiger partial charge in [0.15, 0.2) is 0 Å². The van der Waals surface area contributed by atoms with E-state index in [-0.39, 0.29) is 0 Å². The van der Waals surface area contributed by atoms with Crippen LogP contribution in [-0.2, 0) is 0 Å². The van der Waals surface area contributed by atoms with Crippen LogP contribution in [0.2, 0.25) is 0 Å². The van der Waals surface area contributed by atoms with Crippen molar-refractivity contribution in [2.75, 3.05) is 5.75 Å². The minimum atomic E-state index is -0.832. The van der Waals surface area contributed by atoms with E-state index in [1.54, 1.807) is 23.5 Å². The second kappa shape index (κ2) is 18.0. The number of aliphatic hydroxyl groups excluding tert-OH is 1. The summed E-state index contributed by atoms with van der Waals surface area (Å²) in [7, 11) is 0. The van der Waals surface area contributed by atoms with Gasteiger partial charge in [-0.15, -0.1) is 23.5 Å². The lowest BCUT2D eigenvalue weighted by molar-refractivity contribution is 0.216. The molecule has 0 amide bonds. The van der Waals surface area contributed by atoms with Crippen LogP contribution in [0.5, 0.6) is 0 Å². The van der Waals surface area contributed by atoms with Gasteiger partial charge >= 0.3 is 0 Å². The highest BCUT2D eigenvalue weighted by atomic mass is 32.2. The maximum Gasteiger partial charge on any atom is 0.140 e. The first-order chi connectivity index (χ1) is 11.6. The molecule has 0 aromatic heterocycles. The zero-order chi connectivity index (χ0) is 18.0. The molecule has 0 saturated carbocycles. The summed E-state index contributed by atoms with van der Waals surface area (Å²) in [5.41, 5.74) is 0. The number of thiocarbonyl (C=S) groups is 1. The minimum Gasteiger partial charge on any atom is -0.378 e. The summed E-state index contributed by atoms with van der Waals surface area (Å²) in [6, 6.07) is 1.86. The molecular weight excluding hydrogens is 354 g/mol. The molecule has 0 rings (SSSR count). The molecule has 0 radical (unpaired) electrons. The summed E-state index contributed by atoms with van der Waals surface area (Å²) < 4.78 is 1.00.